The smallest absolute Gasteiger partial charge is 0.234 e. The van der Waals surface area contributed by atoms with Crippen LogP contribution < -0.4 is 5.32 Å². The largest absolute Gasteiger partial charge is 0.296 e. The molecular formula is C12H13NO2S. The number of hydrogen-bond donors (Lipinski definition) is 1. The van der Waals surface area contributed by atoms with Gasteiger partial charge < -0.3 is 0 Å². The van der Waals surface area contributed by atoms with Gasteiger partial charge in [0.25, 0.3) is 0 Å². The topological polar surface area (TPSA) is 46.2 Å². The number of thioether (sulfide) groups is 1. The Morgan fingerprint density at radius 1 is 1.38 bits per heavy atom. The Morgan fingerprint density at radius 2 is 2.19 bits per heavy atom. The average molecular weight is 235 g/mol. The third kappa shape index (κ3) is 2.27. The van der Waals surface area contributed by atoms with E-state index >= 15 is 0 Å². The van der Waals surface area contributed by atoms with Crippen LogP contribution >= 0.6 is 11.8 Å². The van der Waals surface area contributed by atoms with E-state index in [0.29, 0.717) is 12.8 Å². The molecule has 0 saturated carbocycles. The Labute approximate surface area is 98.6 Å². The van der Waals surface area contributed by atoms with Crippen molar-refractivity contribution in [2.75, 3.05) is 6.26 Å². The number of hydrogen-bond acceptors (Lipinski definition) is 3. The van der Waals surface area contributed by atoms with E-state index in [-0.39, 0.29) is 17.7 Å². The second-order valence-electron chi connectivity index (χ2n) is 3.78. The molecule has 1 saturated heterocycles. The molecule has 1 atom stereocenters. The van der Waals surface area contributed by atoms with E-state index in [9.17, 15) is 9.59 Å². The fraction of sp³-hybridized carbons (Fsp3) is 0.333. The number of piperidine rings is 1. The Balaban J connectivity index is 2.23. The highest BCUT2D eigenvalue weighted by Gasteiger charge is 2.27. The highest BCUT2D eigenvalue weighted by molar-refractivity contribution is 7.98. The Bertz CT molecular complexity index is 431. The van der Waals surface area contributed by atoms with Crippen molar-refractivity contribution in [1.82, 2.24) is 5.32 Å². The Hall–Kier alpha value is -1.29. The molecule has 2 amide bonds. The molecule has 1 N–H and O–H groups in total. The van der Waals surface area contributed by atoms with Gasteiger partial charge in [0.05, 0.1) is 5.92 Å². The average Bonchev–Trinajstić information content (AvgIpc) is 2.29. The quantitative estimate of drug-likeness (QED) is 0.629. The van der Waals surface area contributed by atoms with Crippen molar-refractivity contribution in [3.05, 3.63) is 29.8 Å². The van der Waals surface area contributed by atoms with Crippen LogP contribution in [0.15, 0.2) is 29.2 Å². The van der Waals surface area contributed by atoms with Crippen LogP contribution in [0.4, 0.5) is 0 Å². The molecule has 0 aliphatic carbocycles. The minimum absolute atomic E-state index is 0.165. The summed E-state index contributed by atoms with van der Waals surface area (Å²) in [6.07, 6.45) is 3.05. The van der Waals surface area contributed by atoms with Crippen LogP contribution in [0.5, 0.6) is 0 Å². The molecule has 1 aromatic rings. The Kier molecular flexibility index (Phi) is 3.29. The maximum absolute atomic E-state index is 11.7. The maximum Gasteiger partial charge on any atom is 0.234 e. The zero-order valence-electron chi connectivity index (χ0n) is 9.03. The lowest BCUT2D eigenvalue weighted by Crippen LogP contribution is -2.39. The number of rotatable bonds is 2. The van der Waals surface area contributed by atoms with Crippen LogP contribution in [0.25, 0.3) is 0 Å². The molecule has 1 fully saturated rings. The summed E-state index contributed by atoms with van der Waals surface area (Å²) in [5.41, 5.74) is 0.997. The van der Waals surface area contributed by atoms with Gasteiger partial charge in [0.15, 0.2) is 0 Å². The van der Waals surface area contributed by atoms with Gasteiger partial charge in [-0.05, 0) is 30.4 Å². The van der Waals surface area contributed by atoms with E-state index in [1.807, 2.05) is 30.5 Å². The van der Waals surface area contributed by atoms with Crippen molar-refractivity contribution < 1.29 is 9.59 Å². The highest BCUT2D eigenvalue weighted by Crippen LogP contribution is 2.27. The molecule has 0 unspecified atom stereocenters. The van der Waals surface area contributed by atoms with E-state index in [4.69, 9.17) is 0 Å². The monoisotopic (exact) mass is 235 g/mol. The van der Waals surface area contributed by atoms with E-state index in [0.717, 1.165) is 10.5 Å². The molecule has 3 nitrogen and oxygen atoms in total. The van der Waals surface area contributed by atoms with Crippen molar-refractivity contribution in [2.24, 2.45) is 0 Å². The molecule has 1 heterocycles. The lowest BCUT2D eigenvalue weighted by Gasteiger charge is -2.21. The normalized spacial score (nSPS) is 20.7. The molecule has 16 heavy (non-hydrogen) atoms. The van der Waals surface area contributed by atoms with Gasteiger partial charge in [-0.2, -0.15) is 0 Å². The minimum Gasteiger partial charge on any atom is -0.296 e. The fourth-order valence-electron chi connectivity index (χ4n) is 1.87. The van der Waals surface area contributed by atoms with Gasteiger partial charge in [0.2, 0.25) is 11.8 Å². The van der Waals surface area contributed by atoms with Crippen LogP contribution in [-0.2, 0) is 9.59 Å². The molecule has 1 aliphatic rings. The van der Waals surface area contributed by atoms with E-state index in [2.05, 4.69) is 5.32 Å². The molecule has 0 aromatic heterocycles. The number of carbonyl (C=O) groups is 2. The van der Waals surface area contributed by atoms with Crippen molar-refractivity contribution in [1.29, 1.82) is 0 Å². The predicted molar refractivity (Wildman–Crippen MR) is 63.3 cm³/mol. The first-order valence-corrected chi connectivity index (χ1v) is 6.41. The molecule has 1 aliphatic heterocycles. The number of imide groups is 1. The number of carbonyl (C=O) groups excluding carboxylic acids is 2. The van der Waals surface area contributed by atoms with Crippen molar-refractivity contribution >= 4 is 23.6 Å². The van der Waals surface area contributed by atoms with Crippen molar-refractivity contribution in [3.63, 3.8) is 0 Å². The summed E-state index contributed by atoms with van der Waals surface area (Å²) in [6.45, 7) is 0. The second-order valence-corrected chi connectivity index (χ2v) is 4.66. The van der Waals surface area contributed by atoms with E-state index < -0.39 is 0 Å². The number of nitrogens with one attached hydrogen (secondary N) is 1. The predicted octanol–water partition coefficient (Wildman–Crippen LogP) is 1.93. The molecular weight excluding hydrogens is 222 g/mol. The van der Waals surface area contributed by atoms with Gasteiger partial charge in [0, 0.05) is 11.3 Å². The van der Waals surface area contributed by atoms with Crippen LogP contribution in [0.1, 0.15) is 24.3 Å². The zero-order valence-corrected chi connectivity index (χ0v) is 9.84. The molecule has 0 spiro atoms. The van der Waals surface area contributed by atoms with E-state index in [1.165, 1.54) is 0 Å². The van der Waals surface area contributed by atoms with Crippen LogP contribution in [0.3, 0.4) is 0 Å². The Morgan fingerprint density at radius 3 is 2.88 bits per heavy atom. The van der Waals surface area contributed by atoms with Gasteiger partial charge in [-0.3, -0.25) is 14.9 Å². The standard InChI is InChI=1S/C12H13NO2S/c1-16-9-4-2-3-8(7-9)10-5-6-11(14)13-12(10)15/h2-4,7,10H,5-6H2,1H3,(H,13,14,15)/t10-/m1/s1. The lowest BCUT2D eigenvalue weighted by atomic mass is 9.91. The van der Waals surface area contributed by atoms with Gasteiger partial charge in [-0.1, -0.05) is 12.1 Å². The highest BCUT2D eigenvalue weighted by atomic mass is 32.2. The number of benzene rings is 1. The third-order valence-electron chi connectivity index (χ3n) is 2.74. The maximum atomic E-state index is 11.7. The minimum atomic E-state index is -0.176. The second kappa shape index (κ2) is 4.70. The molecule has 0 radical (unpaired) electrons. The van der Waals surface area contributed by atoms with Crippen LogP contribution in [0.2, 0.25) is 0 Å². The first kappa shape index (κ1) is 11.2. The summed E-state index contributed by atoms with van der Waals surface area (Å²) in [5, 5.41) is 2.38. The third-order valence-corrected chi connectivity index (χ3v) is 3.46. The molecule has 84 valence electrons. The van der Waals surface area contributed by atoms with E-state index in [1.54, 1.807) is 11.8 Å². The van der Waals surface area contributed by atoms with Gasteiger partial charge >= 0.3 is 0 Å². The fourth-order valence-corrected chi connectivity index (χ4v) is 2.34. The summed E-state index contributed by atoms with van der Waals surface area (Å²) in [5.74, 6) is -0.512. The summed E-state index contributed by atoms with van der Waals surface area (Å²) in [6, 6.07) is 7.93. The number of amides is 2. The van der Waals surface area contributed by atoms with Crippen LogP contribution in [-0.4, -0.2) is 18.1 Å². The van der Waals surface area contributed by atoms with Gasteiger partial charge in [-0.25, -0.2) is 0 Å². The van der Waals surface area contributed by atoms with Gasteiger partial charge in [-0.15, -0.1) is 11.8 Å². The summed E-state index contributed by atoms with van der Waals surface area (Å²) >= 11 is 1.65. The summed E-state index contributed by atoms with van der Waals surface area (Å²) < 4.78 is 0. The first-order valence-electron chi connectivity index (χ1n) is 5.18. The molecule has 0 bridgehead atoms. The lowest BCUT2D eigenvalue weighted by molar-refractivity contribution is -0.134. The van der Waals surface area contributed by atoms with Crippen LogP contribution in [0, 0.1) is 0 Å². The molecule has 2 rings (SSSR count). The molecule has 1 aromatic carbocycles. The molecule has 4 heteroatoms. The van der Waals surface area contributed by atoms with Gasteiger partial charge in [0.1, 0.15) is 0 Å². The SMILES string of the molecule is CSc1cccc([C@H]2CCC(=O)NC2=O)c1. The van der Waals surface area contributed by atoms with Crippen molar-refractivity contribution in [3.8, 4) is 0 Å². The zero-order chi connectivity index (χ0) is 11.5. The summed E-state index contributed by atoms with van der Waals surface area (Å²) in [7, 11) is 0. The summed E-state index contributed by atoms with van der Waals surface area (Å²) in [4.78, 5) is 23.8. The van der Waals surface area contributed by atoms with Crippen molar-refractivity contribution in [2.45, 2.75) is 23.7 Å². The first-order chi connectivity index (χ1) is 7.70.